The standard InChI is InChI=1S/C28H30F7N3O7S/c1-2-45-24(40)36-15-25(41)11-12-37(16-25)23(39)14-20-7-3-17-13-18(26(42,27(30,31)32)28(33,34)35)4-10-22(17)38(20)46(43,44)21-8-5-19(29)6-9-21/h4-6,8-10,13,20,41-42H,2-3,7,11-12,14-16H2,1H3,(H,36,40). The Morgan fingerprint density at radius 3 is 2.28 bits per heavy atom. The maximum atomic E-state index is 13.9. The molecule has 3 N–H and O–H groups in total. The van der Waals surface area contributed by atoms with Crippen molar-refractivity contribution in [2.24, 2.45) is 0 Å². The minimum atomic E-state index is -6.17. The Labute approximate surface area is 258 Å². The zero-order valence-electron chi connectivity index (χ0n) is 24.2. The van der Waals surface area contributed by atoms with Crippen molar-refractivity contribution >= 4 is 27.7 Å². The highest BCUT2D eigenvalue weighted by molar-refractivity contribution is 7.92. The molecule has 4 rings (SSSR count). The number of carbonyl (C=O) groups excluding carboxylic acids is 2. The number of rotatable bonds is 8. The molecule has 1 saturated heterocycles. The summed E-state index contributed by atoms with van der Waals surface area (Å²) in [5.41, 5.74) is -8.96. The number of benzene rings is 2. The van der Waals surface area contributed by atoms with Crippen molar-refractivity contribution in [2.75, 3.05) is 30.5 Å². The van der Waals surface area contributed by atoms with Gasteiger partial charge in [-0.25, -0.2) is 17.6 Å². The molecule has 0 aliphatic carbocycles. The lowest BCUT2D eigenvalue weighted by Crippen LogP contribution is -2.54. The normalized spacial score (nSPS) is 20.8. The fourth-order valence-electron chi connectivity index (χ4n) is 5.54. The second-order valence-electron chi connectivity index (χ2n) is 11.1. The number of β-amino-alcohol motifs (C(OH)–C–C–N with tert-alkyl or cyclic N) is 1. The van der Waals surface area contributed by atoms with Crippen LogP contribution in [0.25, 0.3) is 0 Å². The fraction of sp³-hybridized carbons (Fsp3) is 0.500. The number of ether oxygens (including phenoxy) is 1. The third-order valence-electron chi connectivity index (χ3n) is 7.94. The van der Waals surface area contributed by atoms with Crippen LogP contribution in [0.1, 0.15) is 37.3 Å². The summed E-state index contributed by atoms with van der Waals surface area (Å²) in [6.45, 7) is 1.22. The predicted molar refractivity (Wildman–Crippen MR) is 146 cm³/mol. The van der Waals surface area contributed by atoms with Crippen molar-refractivity contribution in [1.82, 2.24) is 10.2 Å². The molecule has 254 valence electrons. The lowest BCUT2D eigenvalue weighted by atomic mass is 9.87. The minimum Gasteiger partial charge on any atom is -0.450 e. The Balaban J connectivity index is 1.68. The molecule has 0 radical (unpaired) electrons. The molecule has 2 aliphatic heterocycles. The highest BCUT2D eigenvalue weighted by Crippen LogP contribution is 2.51. The van der Waals surface area contributed by atoms with E-state index in [4.69, 9.17) is 4.74 Å². The third-order valence-corrected chi connectivity index (χ3v) is 9.82. The molecule has 2 unspecified atom stereocenters. The third kappa shape index (κ3) is 6.73. The van der Waals surface area contributed by atoms with Crippen LogP contribution in [0.3, 0.4) is 0 Å². The van der Waals surface area contributed by atoms with Gasteiger partial charge in [-0.3, -0.25) is 9.10 Å². The first kappa shape index (κ1) is 35.2. The first-order chi connectivity index (χ1) is 21.2. The molecule has 0 bridgehead atoms. The van der Waals surface area contributed by atoms with Crippen molar-refractivity contribution in [3.8, 4) is 0 Å². The first-order valence-corrected chi connectivity index (χ1v) is 15.4. The van der Waals surface area contributed by atoms with Gasteiger partial charge in [-0.1, -0.05) is 12.1 Å². The quantitative estimate of drug-likeness (QED) is 0.361. The smallest absolute Gasteiger partial charge is 0.430 e. The van der Waals surface area contributed by atoms with Gasteiger partial charge in [0.05, 0.1) is 36.3 Å². The Morgan fingerprint density at radius 2 is 1.70 bits per heavy atom. The summed E-state index contributed by atoms with van der Waals surface area (Å²) in [4.78, 5) is 25.8. The molecule has 10 nitrogen and oxygen atoms in total. The number of nitrogens with zero attached hydrogens (tertiary/aromatic N) is 2. The van der Waals surface area contributed by atoms with E-state index in [1.165, 1.54) is 4.90 Å². The molecular weight excluding hydrogens is 655 g/mol. The highest BCUT2D eigenvalue weighted by atomic mass is 32.2. The summed E-state index contributed by atoms with van der Waals surface area (Å²) in [5, 5.41) is 23.1. The Morgan fingerprint density at radius 1 is 1.07 bits per heavy atom. The molecule has 2 aromatic rings. The number of likely N-dealkylation sites (tertiary alicyclic amines) is 1. The molecule has 2 atom stereocenters. The maximum absolute atomic E-state index is 13.9. The zero-order chi connectivity index (χ0) is 34.3. The maximum Gasteiger partial charge on any atom is 0.430 e. The van der Waals surface area contributed by atoms with Gasteiger partial charge in [-0.15, -0.1) is 0 Å². The van der Waals surface area contributed by atoms with Crippen LogP contribution < -0.4 is 9.62 Å². The van der Waals surface area contributed by atoms with E-state index in [2.05, 4.69) is 5.32 Å². The van der Waals surface area contributed by atoms with Gasteiger partial charge in [0.1, 0.15) is 11.4 Å². The number of aliphatic hydroxyl groups is 2. The van der Waals surface area contributed by atoms with Crippen LogP contribution in [0.5, 0.6) is 0 Å². The summed E-state index contributed by atoms with van der Waals surface area (Å²) in [6.07, 6.45) is -14.1. The number of alkyl carbamates (subject to hydrolysis) is 1. The average molecular weight is 686 g/mol. The molecule has 18 heteroatoms. The molecule has 2 heterocycles. The highest BCUT2D eigenvalue weighted by Gasteiger charge is 2.71. The number of fused-ring (bicyclic) bond motifs is 1. The lowest BCUT2D eigenvalue weighted by molar-refractivity contribution is -0.376. The van der Waals surface area contributed by atoms with Crippen LogP contribution in [-0.4, -0.2) is 85.8 Å². The molecule has 2 aliphatic rings. The molecule has 2 aromatic carbocycles. The van der Waals surface area contributed by atoms with Crippen LogP contribution in [0, 0.1) is 5.82 Å². The molecular formula is C28H30F7N3O7S. The van der Waals surface area contributed by atoms with E-state index in [9.17, 15) is 59.0 Å². The van der Waals surface area contributed by atoms with Crippen LogP contribution in [-0.2, 0) is 31.6 Å². The number of sulfonamides is 1. The topological polar surface area (TPSA) is 136 Å². The van der Waals surface area contributed by atoms with Gasteiger partial charge in [0.15, 0.2) is 0 Å². The number of alkyl halides is 6. The van der Waals surface area contributed by atoms with Crippen LogP contribution in [0.4, 0.5) is 41.2 Å². The molecule has 46 heavy (non-hydrogen) atoms. The largest absolute Gasteiger partial charge is 0.450 e. The predicted octanol–water partition coefficient (Wildman–Crippen LogP) is 3.75. The van der Waals surface area contributed by atoms with E-state index in [1.807, 2.05) is 0 Å². The average Bonchev–Trinajstić information content (AvgIpc) is 3.36. The Hall–Kier alpha value is -3.64. The van der Waals surface area contributed by atoms with E-state index in [-0.39, 0.29) is 56.8 Å². The summed E-state index contributed by atoms with van der Waals surface area (Å²) < 4.78 is 128. The van der Waals surface area contributed by atoms with Crippen molar-refractivity contribution in [3.63, 3.8) is 0 Å². The minimum absolute atomic E-state index is 0.0324. The van der Waals surface area contributed by atoms with Gasteiger partial charge in [0.2, 0.25) is 5.91 Å². The molecule has 0 saturated carbocycles. The van der Waals surface area contributed by atoms with Gasteiger partial charge in [-0.05, 0) is 62.1 Å². The number of anilines is 1. The monoisotopic (exact) mass is 685 g/mol. The van der Waals surface area contributed by atoms with Crippen LogP contribution in [0.2, 0.25) is 0 Å². The number of hydrogen-bond donors (Lipinski definition) is 3. The molecule has 0 aromatic heterocycles. The van der Waals surface area contributed by atoms with Gasteiger partial charge < -0.3 is 25.2 Å². The van der Waals surface area contributed by atoms with E-state index in [0.717, 1.165) is 24.3 Å². The first-order valence-electron chi connectivity index (χ1n) is 13.9. The molecule has 2 amide bonds. The second-order valence-corrected chi connectivity index (χ2v) is 12.9. The number of amides is 2. The van der Waals surface area contributed by atoms with Crippen molar-refractivity contribution in [1.29, 1.82) is 0 Å². The van der Waals surface area contributed by atoms with Crippen molar-refractivity contribution < 1.29 is 63.7 Å². The summed E-state index contributed by atoms with van der Waals surface area (Å²) in [7, 11) is -4.68. The number of nitrogens with one attached hydrogen (secondary N) is 1. The van der Waals surface area contributed by atoms with Gasteiger partial charge in [0.25, 0.3) is 15.6 Å². The van der Waals surface area contributed by atoms with E-state index >= 15 is 0 Å². The zero-order valence-corrected chi connectivity index (χ0v) is 25.0. The van der Waals surface area contributed by atoms with Crippen LogP contribution >= 0.6 is 0 Å². The number of aryl methyl sites for hydroxylation is 1. The Kier molecular flexibility index (Phi) is 9.58. The van der Waals surface area contributed by atoms with E-state index < -0.39 is 74.3 Å². The molecule has 1 fully saturated rings. The summed E-state index contributed by atoms with van der Waals surface area (Å²) >= 11 is 0. The van der Waals surface area contributed by atoms with Crippen LogP contribution in [0.15, 0.2) is 47.4 Å². The summed E-state index contributed by atoms with van der Waals surface area (Å²) in [6, 6.07) is 3.74. The number of carbonyl (C=O) groups is 2. The lowest BCUT2D eigenvalue weighted by Gasteiger charge is -2.39. The van der Waals surface area contributed by atoms with Gasteiger partial charge >= 0.3 is 18.4 Å². The Bertz CT molecular complexity index is 1550. The number of halogens is 7. The van der Waals surface area contributed by atoms with Gasteiger partial charge in [-0.2, -0.15) is 26.3 Å². The molecule has 0 spiro atoms. The van der Waals surface area contributed by atoms with Crippen molar-refractivity contribution in [3.05, 3.63) is 59.4 Å². The SMILES string of the molecule is CCOC(=O)NCC1(O)CCN(C(=O)CC2CCc3cc(C(O)(C(F)(F)F)C(F)(F)F)ccc3N2S(=O)(=O)c2ccc(F)cc2)C1. The van der Waals surface area contributed by atoms with E-state index in [0.29, 0.717) is 22.5 Å². The van der Waals surface area contributed by atoms with Gasteiger partial charge in [0, 0.05) is 18.5 Å². The summed E-state index contributed by atoms with van der Waals surface area (Å²) in [5.74, 6) is -1.41. The second kappa shape index (κ2) is 12.5. The fourth-order valence-corrected chi connectivity index (χ4v) is 7.26. The van der Waals surface area contributed by atoms with Crippen molar-refractivity contribution in [2.45, 2.75) is 67.1 Å². The van der Waals surface area contributed by atoms with E-state index in [1.54, 1.807) is 6.92 Å². The number of hydrogen-bond acceptors (Lipinski definition) is 7.